The van der Waals surface area contributed by atoms with Crippen molar-refractivity contribution >= 4 is 16.5 Å². The summed E-state index contributed by atoms with van der Waals surface area (Å²) in [4.78, 5) is 9.04. The number of nitrogens with zero attached hydrogens (tertiary/aromatic N) is 2. The van der Waals surface area contributed by atoms with E-state index in [0.717, 1.165) is 18.5 Å². The first kappa shape index (κ1) is 12.2. The van der Waals surface area contributed by atoms with E-state index < -0.39 is 0 Å². The molecule has 0 amide bonds. The van der Waals surface area contributed by atoms with E-state index in [1.165, 1.54) is 73.7 Å². The van der Waals surface area contributed by atoms with Gasteiger partial charge in [-0.3, -0.25) is 0 Å². The minimum Gasteiger partial charge on any atom is -0.348 e. The molecule has 1 aromatic heterocycles. The largest absolute Gasteiger partial charge is 0.348 e. The molecule has 1 aliphatic heterocycles. The lowest BCUT2D eigenvalue weighted by molar-refractivity contribution is 0.576. The van der Waals surface area contributed by atoms with Crippen LogP contribution < -0.4 is 10.2 Å². The van der Waals surface area contributed by atoms with Crippen LogP contribution in [0.4, 0.5) is 5.13 Å². The van der Waals surface area contributed by atoms with Crippen molar-refractivity contribution in [1.82, 2.24) is 10.3 Å². The van der Waals surface area contributed by atoms with Crippen molar-refractivity contribution in [1.29, 1.82) is 0 Å². The maximum atomic E-state index is 5.00. The molecule has 1 saturated heterocycles. The van der Waals surface area contributed by atoms with E-state index in [9.17, 15) is 0 Å². The van der Waals surface area contributed by atoms with Crippen molar-refractivity contribution in [2.24, 2.45) is 0 Å². The Labute approximate surface area is 119 Å². The Morgan fingerprint density at radius 3 is 2.58 bits per heavy atom. The molecule has 2 heterocycles. The topological polar surface area (TPSA) is 28.2 Å². The van der Waals surface area contributed by atoms with E-state index in [4.69, 9.17) is 4.98 Å². The molecule has 1 N–H and O–H groups in total. The number of piperidine rings is 1. The van der Waals surface area contributed by atoms with Crippen LogP contribution in [0.25, 0.3) is 0 Å². The summed E-state index contributed by atoms with van der Waals surface area (Å²) in [6.07, 6.45) is 9.54. The zero-order valence-corrected chi connectivity index (χ0v) is 12.3. The maximum Gasteiger partial charge on any atom is 0.185 e. The van der Waals surface area contributed by atoms with Crippen molar-refractivity contribution < 1.29 is 0 Å². The molecule has 4 rings (SSSR count). The normalized spacial score (nSPS) is 23.9. The molecule has 104 valence electrons. The highest BCUT2D eigenvalue weighted by atomic mass is 32.1. The molecule has 2 aliphatic carbocycles. The molecular weight excluding hydrogens is 254 g/mol. The van der Waals surface area contributed by atoms with E-state index in [2.05, 4.69) is 10.2 Å². The van der Waals surface area contributed by atoms with Crippen LogP contribution in [-0.2, 0) is 6.54 Å². The third-order valence-electron chi connectivity index (χ3n) is 4.44. The van der Waals surface area contributed by atoms with Gasteiger partial charge in [-0.2, -0.15) is 0 Å². The van der Waals surface area contributed by atoms with Crippen molar-refractivity contribution in [3.05, 3.63) is 10.6 Å². The molecule has 4 heteroatoms. The molecule has 0 unspecified atom stereocenters. The Morgan fingerprint density at radius 2 is 1.89 bits per heavy atom. The molecule has 2 saturated carbocycles. The number of anilines is 1. The van der Waals surface area contributed by atoms with Crippen molar-refractivity contribution in [3.8, 4) is 0 Å². The lowest BCUT2D eigenvalue weighted by Gasteiger charge is -2.25. The van der Waals surface area contributed by atoms with Crippen molar-refractivity contribution in [2.45, 2.75) is 63.5 Å². The van der Waals surface area contributed by atoms with Gasteiger partial charge in [-0.25, -0.2) is 4.98 Å². The lowest BCUT2D eigenvalue weighted by Crippen LogP contribution is -2.29. The quantitative estimate of drug-likeness (QED) is 0.895. The Hall–Kier alpha value is -0.610. The Kier molecular flexibility index (Phi) is 3.24. The average Bonchev–Trinajstić information content (AvgIpc) is 3.37. The first-order chi connectivity index (χ1) is 9.40. The fourth-order valence-electron chi connectivity index (χ4n) is 2.90. The molecule has 1 aromatic rings. The van der Waals surface area contributed by atoms with Crippen LogP contribution in [0, 0.1) is 0 Å². The minimum atomic E-state index is 0.783. The maximum absolute atomic E-state index is 5.00. The van der Waals surface area contributed by atoms with Gasteiger partial charge >= 0.3 is 0 Å². The van der Waals surface area contributed by atoms with Crippen LogP contribution in [0.2, 0.25) is 0 Å². The van der Waals surface area contributed by atoms with Gasteiger partial charge in [-0.1, -0.05) is 0 Å². The molecule has 0 bridgehead atoms. The van der Waals surface area contributed by atoms with Crippen LogP contribution in [0.5, 0.6) is 0 Å². The first-order valence-corrected chi connectivity index (χ1v) is 8.70. The van der Waals surface area contributed by atoms with Gasteiger partial charge in [-0.15, -0.1) is 11.3 Å². The average molecular weight is 277 g/mol. The van der Waals surface area contributed by atoms with Gasteiger partial charge < -0.3 is 10.2 Å². The number of hydrogen-bond acceptors (Lipinski definition) is 4. The molecule has 0 radical (unpaired) electrons. The third kappa shape index (κ3) is 2.79. The van der Waals surface area contributed by atoms with Crippen LogP contribution in [-0.4, -0.2) is 24.1 Å². The lowest BCUT2D eigenvalue weighted by atomic mass is 10.1. The predicted octanol–water partition coefficient (Wildman–Crippen LogP) is 3.26. The van der Waals surface area contributed by atoms with Crippen LogP contribution in [0.3, 0.4) is 0 Å². The fraction of sp³-hybridized carbons (Fsp3) is 0.800. The molecule has 3 aliphatic rings. The highest BCUT2D eigenvalue weighted by molar-refractivity contribution is 7.15. The van der Waals surface area contributed by atoms with E-state index in [-0.39, 0.29) is 0 Å². The number of aromatic nitrogens is 1. The first-order valence-electron chi connectivity index (χ1n) is 7.88. The van der Waals surface area contributed by atoms with E-state index >= 15 is 0 Å². The van der Waals surface area contributed by atoms with Gasteiger partial charge in [0.15, 0.2) is 5.13 Å². The zero-order valence-electron chi connectivity index (χ0n) is 11.5. The van der Waals surface area contributed by atoms with E-state index in [0.29, 0.717) is 0 Å². The SMILES string of the molecule is C1CCN(c2nc(C3CC3)c(CNC3CC3)s2)CC1. The van der Waals surface area contributed by atoms with E-state index in [1.54, 1.807) is 0 Å². The van der Waals surface area contributed by atoms with Gasteiger partial charge in [0, 0.05) is 36.5 Å². The van der Waals surface area contributed by atoms with Crippen LogP contribution in [0.15, 0.2) is 0 Å². The van der Waals surface area contributed by atoms with Gasteiger partial charge in [-0.05, 0) is 44.9 Å². The van der Waals surface area contributed by atoms with Crippen molar-refractivity contribution in [3.63, 3.8) is 0 Å². The third-order valence-corrected chi connectivity index (χ3v) is 5.57. The molecule has 3 fully saturated rings. The number of nitrogens with one attached hydrogen (secondary N) is 1. The summed E-state index contributed by atoms with van der Waals surface area (Å²) >= 11 is 1.96. The highest BCUT2D eigenvalue weighted by Crippen LogP contribution is 2.44. The highest BCUT2D eigenvalue weighted by Gasteiger charge is 2.31. The second kappa shape index (κ2) is 5.06. The summed E-state index contributed by atoms with van der Waals surface area (Å²) in [7, 11) is 0. The summed E-state index contributed by atoms with van der Waals surface area (Å²) < 4.78 is 0. The summed E-state index contributed by atoms with van der Waals surface area (Å²) in [6.45, 7) is 3.49. The summed E-state index contributed by atoms with van der Waals surface area (Å²) in [5.74, 6) is 0.783. The van der Waals surface area contributed by atoms with Crippen LogP contribution in [0.1, 0.15) is 61.4 Å². The molecular formula is C15H23N3S. The van der Waals surface area contributed by atoms with Gasteiger partial charge in [0.05, 0.1) is 5.69 Å². The molecule has 19 heavy (non-hydrogen) atoms. The molecule has 0 spiro atoms. The van der Waals surface area contributed by atoms with Gasteiger partial charge in [0.25, 0.3) is 0 Å². The second-order valence-electron chi connectivity index (χ2n) is 6.28. The number of rotatable bonds is 5. The predicted molar refractivity (Wildman–Crippen MR) is 80.0 cm³/mol. The van der Waals surface area contributed by atoms with Crippen LogP contribution >= 0.6 is 11.3 Å². The zero-order chi connectivity index (χ0) is 12.7. The molecule has 3 nitrogen and oxygen atoms in total. The minimum absolute atomic E-state index is 0.783. The van der Waals surface area contributed by atoms with Gasteiger partial charge in [0.1, 0.15) is 0 Å². The standard InChI is InChI=1S/C15H23N3S/c1-2-8-18(9-3-1)15-17-14(11-4-5-11)13(19-15)10-16-12-6-7-12/h11-12,16H,1-10H2. The Balaban J connectivity index is 1.51. The van der Waals surface area contributed by atoms with Gasteiger partial charge in [0.2, 0.25) is 0 Å². The molecule has 0 aromatic carbocycles. The number of thiazole rings is 1. The smallest absolute Gasteiger partial charge is 0.185 e. The second-order valence-corrected chi connectivity index (χ2v) is 7.34. The van der Waals surface area contributed by atoms with Crippen molar-refractivity contribution in [2.75, 3.05) is 18.0 Å². The monoisotopic (exact) mass is 277 g/mol. The summed E-state index contributed by atoms with van der Waals surface area (Å²) in [5.41, 5.74) is 1.43. The number of hydrogen-bond donors (Lipinski definition) is 1. The summed E-state index contributed by atoms with van der Waals surface area (Å²) in [5, 5.41) is 4.96. The Morgan fingerprint density at radius 1 is 1.11 bits per heavy atom. The fourth-order valence-corrected chi connectivity index (χ4v) is 4.05. The Bertz CT molecular complexity index is 442. The summed E-state index contributed by atoms with van der Waals surface area (Å²) in [6, 6.07) is 0.799. The molecule has 0 atom stereocenters. The van der Waals surface area contributed by atoms with E-state index in [1.807, 2.05) is 11.3 Å².